The van der Waals surface area contributed by atoms with Crippen molar-refractivity contribution >= 4 is 52.0 Å². The van der Waals surface area contributed by atoms with Crippen molar-refractivity contribution in [1.29, 1.82) is 0 Å². The molecule has 4 aromatic carbocycles. The fourth-order valence-electron chi connectivity index (χ4n) is 25.4. The van der Waals surface area contributed by atoms with E-state index in [4.69, 9.17) is 19.9 Å². The van der Waals surface area contributed by atoms with Crippen LogP contribution in [0, 0.1) is 74.1 Å². The van der Waals surface area contributed by atoms with Gasteiger partial charge in [0.05, 0.1) is 189 Å². The smallest absolute Gasteiger partial charge is 0.140 e. The molecule has 0 aliphatic heterocycles. The summed E-state index contributed by atoms with van der Waals surface area (Å²) in [5.41, 5.74) is 13.1. The summed E-state index contributed by atoms with van der Waals surface area (Å²) in [6, 6.07) is 33.2. The number of nitrogens with one attached hydrogen (secondary N) is 1. The van der Waals surface area contributed by atoms with Crippen LogP contribution in [-0.4, -0.2) is 165 Å². The summed E-state index contributed by atoms with van der Waals surface area (Å²) in [6.45, 7) is 22.6. The van der Waals surface area contributed by atoms with Crippen LogP contribution in [-0.2, 0) is 68.5 Å². The van der Waals surface area contributed by atoms with E-state index in [1.54, 1.807) is 111 Å². The molecule has 16 aromatic rings. The molecule has 38 heteroatoms. The summed E-state index contributed by atoms with van der Waals surface area (Å²) in [7, 11) is -6.97. The van der Waals surface area contributed by atoms with E-state index in [0.29, 0.717) is 68.7 Å². The molecule has 0 amide bonds. The second kappa shape index (κ2) is 37.2. The zero-order chi connectivity index (χ0) is 106. The average Bonchev–Trinajstić information content (AvgIpc) is 1.53. The lowest BCUT2D eigenvalue weighted by Gasteiger charge is -2.37. The molecule has 766 valence electrons. The number of hydrogen-bond acceptors (Lipinski definition) is 25. The SMILES string of the molecule is C=S(C)(=O)Cc1cccc(-c2cncc([C@@]34CC[C@@H](c5cc(-c6c(F)cccc6F)nnc53)C4(C)C)n2)n1.C=S(C)(=O)Cc1nccc(-c2cncc([C@@]34CC[C@@H](c5cc(-c6c(F)cccc6F)nnc53)C4(C)C)n2)n1.C=S(C)(=O)Nc1ccc(-c2cncc([C@@]34CC[C@@H](c5cc(-c6c(F)cccc6F)nnc53)C4(C)C)n2)nc1.CC(C)Cn1cc(-c2cncc([C@@]34CC[C@@H](c5cc(-c6c(F)cccc6F)nnc53)C4(C)C)n2)nn1. The minimum absolute atomic E-state index is 0.118. The summed E-state index contributed by atoms with van der Waals surface area (Å²) in [5.74, 6) is 7.60. The van der Waals surface area contributed by atoms with Gasteiger partial charge in [-0.25, -0.2) is 69.2 Å². The van der Waals surface area contributed by atoms with Gasteiger partial charge in [-0.05, 0) is 265 Å². The normalized spacial score (nSPS) is 22.5. The monoisotopic (exact) mass is 2080 g/mol. The largest absolute Gasteiger partial charge is 0.312 e. The molecule has 8 aliphatic rings. The third-order valence-corrected chi connectivity index (χ3v) is 34.8. The molecule has 150 heavy (non-hydrogen) atoms. The zero-order valence-electron chi connectivity index (χ0n) is 84.6. The van der Waals surface area contributed by atoms with Gasteiger partial charge in [0.15, 0.2) is 0 Å². The summed E-state index contributed by atoms with van der Waals surface area (Å²) in [6.07, 6.45) is 30.4. The van der Waals surface area contributed by atoms with Crippen LogP contribution in [0.15, 0.2) is 202 Å². The Morgan fingerprint density at radius 2 is 0.680 bits per heavy atom. The van der Waals surface area contributed by atoms with Gasteiger partial charge in [0.2, 0.25) is 0 Å². The highest BCUT2D eigenvalue weighted by molar-refractivity contribution is 8.00. The van der Waals surface area contributed by atoms with Gasteiger partial charge in [0, 0.05) is 66.0 Å². The first kappa shape index (κ1) is 101. The van der Waals surface area contributed by atoms with Crippen molar-refractivity contribution < 1.29 is 47.8 Å². The Balaban J connectivity index is 0.000000117. The number of rotatable bonds is 20. The van der Waals surface area contributed by atoms with Crippen molar-refractivity contribution in [3.8, 4) is 90.6 Å². The van der Waals surface area contributed by atoms with E-state index in [9.17, 15) is 47.8 Å². The number of pyridine rings is 2. The fourth-order valence-corrected chi connectivity index (χ4v) is 27.5. The Kier molecular flexibility index (Phi) is 25.1. The molecule has 0 spiro atoms. The van der Waals surface area contributed by atoms with Crippen LogP contribution in [0.25, 0.3) is 90.6 Å². The highest BCUT2D eigenvalue weighted by Gasteiger charge is 2.69. The summed E-state index contributed by atoms with van der Waals surface area (Å²) < 4.78 is 157. The van der Waals surface area contributed by atoms with Gasteiger partial charge < -0.3 is 4.72 Å². The van der Waals surface area contributed by atoms with Crippen molar-refractivity contribution in [3.05, 3.63) is 327 Å². The highest BCUT2D eigenvalue weighted by atomic mass is 32.2. The van der Waals surface area contributed by atoms with E-state index in [1.165, 1.54) is 79.1 Å². The van der Waals surface area contributed by atoms with Gasteiger partial charge in [-0.15, -0.1) is 25.5 Å². The van der Waals surface area contributed by atoms with Gasteiger partial charge in [-0.2, -0.15) is 20.4 Å². The lowest BCUT2D eigenvalue weighted by atomic mass is 9.66. The van der Waals surface area contributed by atoms with Crippen molar-refractivity contribution in [2.45, 2.75) is 184 Å². The first-order valence-corrected chi connectivity index (χ1v) is 56.0. The van der Waals surface area contributed by atoms with Crippen LogP contribution in [0.2, 0.25) is 0 Å². The van der Waals surface area contributed by atoms with Crippen LogP contribution in [0.1, 0.15) is 224 Å². The van der Waals surface area contributed by atoms with Crippen LogP contribution in [0.3, 0.4) is 0 Å². The van der Waals surface area contributed by atoms with Crippen molar-refractivity contribution in [2.75, 3.05) is 23.5 Å². The first-order valence-electron chi connectivity index (χ1n) is 49.2. The van der Waals surface area contributed by atoms with Gasteiger partial charge in [0.25, 0.3) is 0 Å². The molecule has 24 rings (SSSR count). The zero-order valence-corrected chi connectivity index (χ0v) is 87.0. The Morgan fingerprint density at radius 1 is 0.353 bits per heavy atom. The highest BCUT2D eigenvalue weighted by Crippen LogP contribution is 2.74. The number of halogens is 8. The molecule has 0 radical (unpaired) electrons. The first-order chi connectivity index (χ1) is 71.2. The number of fused-ring (bicyclic) bond motifs is 20. The molecule has 8 aliphatic carbocycles. The number of anilines is 1. The molecule has 11 atom stereocenters. The summed E-state index contributed by atoms with van der Waals surface area (Å²) >= 11 is 0. The minimum atomic E-state index is -2.42. The minimum Gasteiger partial charge on any atom is -0.312 e. The fraction of sp³-hybridized carbons (Fsp3) is 0.330. The lowest BCUT2D eigenvalue weighted by Crippen LogP contribution is -2.38. The number of benzene rings is 4. The molecular weight excluding hydrogens is 1980 g/mol. The Morgan fingerprint density at radius 3 is 1.00 bits per heavy atom. The molecule has 4 fully saturated rings. The number of aromatic nitrogens is 23. The predicted molar refractivity (Wildman–Crippen MR) is 560 cm³/mol. The predicted octanol–water partition coefficient (Wildman–Crippen LogP) is 20.5. The number of nitrogens with zero attached hydrogens (tertiary/aromatic N) is 23. The lowest BCUT2D eigenvalue weighted by molar-refractivity contribution is 0.242. The van der Waals surface area contributed by atoms with E-state index in [-0.39, 0.29) is 102 Å². The third-order valence-electron chi connectivity index (χ3n) is 32.3. The van der Waals surface area contributed by atoms with Crippen molar-refractivity contribution in [2.24, 2.45) is 27.6 Å². The van der Waals surface area contributed by atoms with E-state index < -0.39 is 96.9 Å². The second-order valence-corrected chi connectivity index (χ2v) is 50.9. The maximum absolute atomic E-state index is 14.5. The van der Waals surface area contributed by atoms with Crippen molar-refractivity contribution in [1.82, 2.24) is 116 Å². The average molecular weight is 2080 g/mol. The second-order valence-electron chi connectivity index (χ2n) is 43.3. The van der Waals surface area contributed by atoms with Gasteiger partial charge >= 0.3 is 0 Å². The van der Waals surface area contributed by atoms with Crippen LogP contribution in [0.5, 0.6) is 0 Å². The molecular formula is C112H106F8N24O3S3. The van der Waals surface area contributed by atoms with Crippen LogP contribution >= 0.6 is 0 Å². The molecule has 3 unspecified atom stereocenters. The maximum atomic E-state index is 14.5. The van der Waals surface area contributed by atoms with Crippen molar-refractivity contribution in [3.63, 3.8) is 0 Å². The molecule has 1 N–H and O–H groups in total. The van der Waals surface area contributed by atoms with Gasteiger partial charge in [0.1, 0.15) is 80.8 Å². The Hall–Kier alpha value is -14.7. The molecule has 12 heterocycles. The molecule has 27 nitrogen and oxygen atoms in total. The van der Waals surface area contributed by atoms with E-state index >= 15 is 0 Å². The standard InChI is InChI=1S/C29H27F2N5OS.2C28H26F2N6OS.C27H27F2N7/c1-28(2)19-11-12-29(28,27-18(19)13-23(35-36-27)26-20(30)8-6-9-21(26)31)25-15-32-14-24(34-25)22-10-5-7-17(33-22)16-38(3,4)37;1-27(2)17-8-10-28(27,26-16(17)12-21(35-36-26)25-18(29)6-5-7-19(25)30)23-14-31-13-22(33-23)20-9-11-32-24(34-20)15-38(3,4)37;1-27(2)18-10-11-28(27,26-17(18)12-22(34-35-26)25-19(29)6-5-7-20(25)30)24-15-31-14-23(33-24)21-9-8-16(13-32-21)36-38(3,4)37;1-15(2)13-36-14-22(33-35-36)21-11-30-12-23(31-21)27-9-8-17(26(27,3)4)16-10-20(32-34-25(16)27)24-18(28)6-5-7-19(24)29/h5-10,13-15,19H,3,11-12,16H2,1-2,4H3;5-7,9,11-14,17H,3,8,10,15H2,1-2,4H3;5-9,12-15,18H,3,10-11H2,1-2,4H3,(H,36,37);5-7,10-12,14-15,17H,8-9,13H2,1-4H3/t19-,29-,38?;17-,28-,38?;18-,28-,38?;17-,27-/m0000/s1. The van der Waals surface area contributed by atoms with E-state index in [0.717, 1.165) is 126 Å². The quantitative estimate of drug-likeness (QED) is 0.0547. The Bertz CT molecular complexity index is 8210. The molecule has 0 saturated heterocycles. The molecule has 12 aromatic heterocycles. The van der Waals surface area contributed by atoms with Crippen LogP contribution in [0.4, 0.5) is 40.8 Å². The maximum Gasteiger partial charge on any atom is 0.140 e. The molecule has 4 saturated carbocycles. The molecule has 8 bridgehead atoms. The van der Waals surface area contributed by atoms with Gasteiger partial charge in [-0.1, -0.05) is 105 Å². The van der Waals surface area contributed by atoms with E-state index in [2.05, 4.69) is 183 Å². The summed E-state index contributed by atoms with van der Waals surface area (Å²) in [4.78, 5) is 56.1. The Labute approximate surface area is 863 Å². The topological polar surface area (TPSA) is 352 Å². The van der Waals surface area contributed by atoms with Gasteiger partial charge in [-0.3, -0.25) is 43.0 Å². The van der Waals surface area contributed by atoms with E-state index in [1.807, 2.05) is 35.1 Å². The third kappa shape index (κ3) is 16.9. The summed E-state index contributed by atoms with van der Waals surface area (Å²) in [5, 5.41) is 44.1. The number of hydrogen-bond donors (Lipinski definition) is 1. The van der Waals surface area contributed by atoms with Crippen LogP contribution < -0.4 is 4.72 Å².